The molecule has 168 valence electrons. The molecule has 0 saturated heterocycles. The number of fused-ring (bicyclic) bond motifs is 1. The first-order valence-electron chi connectivity index (χ1n) is 11.2. The summed E-state index contributed by atoms with van der Waals surface area (Å²) in [6, 6.07) is 24.8. The molecule has 0 aliphatic carbocycles. The second-order valence-corrected chi connectivity index (χ2v) is 8.30. The first kappa shape index (κ1) is 22.3. The summed E-state index contributed by atoms with van der Waals surface area (Å²) in [6.45, 7) is 4.85. The van der Waals surface area contributed by atoms with Crippen molar-refractivity contribution in [2.75, 3.05) is 11.9 Å². The molecule has 1 aromatic heterocycles. The number of nitrogens with one attached hydrogen (secondary N) is 2. The number of anilines is 1. The van der Waals surface area contributed by atoms with Crippen molar-refractivity contribution < 1.29 is 9.59 Å². The van der Waals surface area contributed by atoms with Gasteiger partial charge in [0.25, 0.3) is 5.91 Å². The Morgan fingerprint density at radius 2 is 1.61 bits per heavy atom. The molecule has 2 amide bonds. The van der Waals surface area contributed by atoms with Gasteiger partial charge in [0.15, 0.2) is 0 Å². The van der Waals surface area contributed by atoms with Gasteiger partial charge in [0.05, 0.1) is 11.0 Å². The maximum atomic E-state index is 12.8. The lowest BCUT2D eigenvalue weighted by molar-refractivity contribution is -0.116. The molecule has 6 heteroatoms. The maximum Gasteiger partial charge on any atom is 0.251 e. The standard InChI is InChI=1S/C27H28N4O2/c1-19(2)20-12-14-22(15-13-20)29-26(32)18-31-24-11-7-6-10-23(24)30-25(31)16-17-28-27(33)21-8-4-3-5-9-21/h3-15,19H,16-18H2,1-2H3,(H,28,33)(H,29,32). The third kappa shape index (κ3) is 5.47. The Kier molecular flexibility index (Phi) is 6.83. The highest BCUT2D eigenvalue weighted by atomic mass is 16.2. The van der Waals surface area contributed by atoms with Crippen LogP contribution in [0.15, 0.2) is 78.9 Å². The Morgan fingerprint density at radius 3 is 2.33 bits per heavy atom. The molecular formula is C27H28N4O2. The Bertz CT molecular complexity index is 1240. The molecule has 0 bridgehead atoms. The molecule has 1 heterocycles. The predicted molar refractivity (Wildman–Crippen MR) is 131 cm³/mol. The van der Waals surface area contributed by atoms with Crippen LogP contribution in [0.5, 0.6) is 0 Å². The molecule has 0 saturated carbocycles. The van der Waals surface area contributed by atoms with Crippen molar-refractivity contribution in [3.63, 3.8) is 0 Å². The lowest BCUT2D eigenvalue weighted by Gasteiger charge is -2.12. The fourth-order valence-corrected chi connectivity index (χ4v) is 3.77. The van der Waals surface area contributed by atoms with Crippen LogP contribution < -0.4 is 10.6 Å². The van der Waals surface area contributed by atoms with Crippen LogP contribution in [-0.4, -0.2) is 27.9 Å². The zero-order valence-corrected chi connectivity index (χ0v) is 18.9. The highest BCUT2D eigenvalue weighted by Crippen LogP contribution is 2.19. The zero-order valence-electron chi connectivity index (χ0n) is 18.9. The van der Waals surface area contributed by atoms with Crippen molar-refractivity contribution in [3.05, 3.63) is 95.8 Å². The summed E-state index contributed by atoms with van der Waals surface area (Å²) < 4.78 is 1.92. The third-order valence-corrected chi connectivity index (χ3v) is 5.57. The van der Waals surface area contributed by atoms with Gasteiger partial charge in [-0.15, -0.1) is 0 Å². The highest BCUT2D eigenvalue weighted by Gasteiger charge is 2.14. The first-order valence-corrected chi connectivity index (χ1v) is 11.2. The monoisotopic (exact) mass is 440 g/mol. The number of hydrogen-bond donors (Lipinski definition) is 2. The number of imidazole rings is 1. The summed E-state index contributed by atoms with van der Waals surface area (Å²) in [5, 5.41) is 5.91. The van der Waals surface area contributed by atoms with E-state index in [1.165, 1.54) is 5.56 Å². The number of carbonyl (C=O) groups is 2. The van der Waals surface area contributed by atoms with E-state index < -0.39 is 0 Å². The predicted octanol–water partition coefficient (Wildman–Crippen LogP) is 4.77. The summed E-state index contributed by atoms with van der Waals surface area (Å²) in [7, 11) is 0. The fraction of sp³-hybridized carbons (Fsp3) is 0.222. The zero-order chi connectivity index (χ0) is 23.2. The van der Waals surface area contributed by atoms with Crippen LogP contribution in [0.2, 0.25) is 0 Å². The van der Waals surface area contributed by atoms with Gasteiger partial charge in [-0.1, -0.05) is 56.3 Å². The molecule has 0 atom stereocenters. The summed E-state index contributed by atoms with van der Waals surface area (Å²) in [4.78, 5) is 29.9. The molecule has 3 aromatic carbocycles. The van der Waals surface area contributed by atoms with Gasteiger partial charge in [0.1, 0.15) is 12.4 Å². The second-order valence-electron chi connectivity index (χ2n) is 8.30. The number of benzene rings is 3. The van der Waals surface area contributed by atoms with Crippen LogP contribution in [0.4, 0.5) is 5.69 Å². The van der Waals surface area contributed by atoms with Crippen LogP contribution in [0.25, 0.3) is 11.0 Å². The van der Waals surface area contributed by atoms with Crippen molar-refractivity contribution in [2.24, 2.45) is 0 Å². The Labute approximate surface area is 193 Å². The largest absolute Gasteiger partial charge is 0.352 e. The lowest BCUT2D eigenvalue weighted by Crippen LogP contribution is -2.27. The van der Waals surface area contributed by atoms with Gasteiger partial charge in [0, 0.05) is 24.2 Å². The van der Waals surface area contributed by atoms with E-state index >= 15 is 0 Å². The lowest BCUT2D eigenvalue weighted by atomic mass is 10.0. The number of para-hydroxylation sites is 2. The van der Waals surface area contributed by atoms with Crippen molar-refractivity contribution in [3.8, 4) is 0 Å². The van der Waals surface area contributed by atoms with Gasteiger partial charge in [0.2, 0.25) is 5.91 Å². The topological polar surface area (TPSA) is 76.0 Å². The van der Waals surface area contributed by atoms with E-state index in [0.717, 1.165) is 22.5 Å². The number of hydrogen-bond acceptors (Lipinski definition) is 3. The minimum atomic E-state index is -0.124. The fourth-order valence-electron chi connectivity index (χ4n) is 3.77. The average Bonchev–Trinajstić information content (AvgIpc) is 3.17. The summed E-state index contributed by atoms with van der Waals surface area (Å²) in [6.07, 6.45) is 0.517. The van der Waals surface area contributed by atoms with Gasteiger partial charge >= 0.3 is 0 Å². The molecule has 0 spiro atoms. The van der Waals surface area contributed by atoms with Crippen molar-refractivity contribution in [1.82, 2.24) is 14.9 Å². The average molecular weight is 441 g/mol. The molecule has 0 unspecified atom stereocenters. The highest BCUT2D eigenvalue weighted by molar-refractivity contribution is 5.94. The van der Waals surface area contributed by atoms with Gasteiger partial charge in [-0.2, -0.15) is 0 Å². The van der Waals surface area contributed by atoms with E-state index in [-0.39, 0.29) is 18.4 Å². The summed E-state index contributed by atoms with van der Waals surface area (Å²) >= 11 is 0. The van der Waals surface area contributed by atoms with Crippen molar-refractivity contribution in [2.45, 2.75) is 32.7 Å². The van der Waals surface area contributed by atoms with Gasteiger partial charge < -0.3 is 15.2 Å². The number of rotatable bonds is 8. The molecule has 0 fully saturated rings. The van der Waals surface area contributed by atoms with Crippen LogP contribution >= 0.6 is 0 Å². The van der Waals surface area contributed by atoms with Gasteiger partial charge in [-0.3, -0.25) is 9.59 Å². The number of amides is 2. The van der Waals surface area contributed by atoms with E-state index in [4.69, 9.17) is 4.98 Å². The quantitative estimate of drug-likeness (QED) is 0.414. The second kappa shape index (κ2) is 10.1. The van der Waals surface area contributed by atoms with E-state index in [9.17, 15) is 9.59 Å². The normalized spacial score (nSPS) is 11.0. The Hall–Kier alpha value is -3.93. The van der Waals surface area contributed by atoms with Gasteiger partial charge in [-0.05, 0) is 47.9 Å². The molecule has 4 aromatic rings. The molecule has 0 aliphatic rings. The summed E-state index contributed by atoms with van der Waals surface area (Å²) in [5.74, 6) is 0.956. The van der Waals surface area contributed by atoms with Crippen LogP contribution in [-0.2, 0) is 17.8 Å². The van der Waals surface area contributed by atoms with E-state index in [1.807, 2.05) is 71.3 Å². The number of aromatic nitrogens is 2. The van der Waals surface area contributed by atoms with E-state index in [0.29, 0.717) is 24.4 Å². The van der Waals surface area contributed by atoms with Crippen LogP contribution in [0, 0.1) is 0 Å². The Morgan fingerprint density at radius 1 is 0.909 bits per heavy atom. The maximum absolute atomic E-state index is 12.8. The first-order chi connectivity index (χ1) is 16.0. The molecule has 6 nitrogen and oxygen atoms in total. The van der Waals surface area contributed by atoms with Crippen LogP contribution in [0.1, 0.15) is 41.5 Å². The molecule has 33 heavy (non-hydrogen) atoms. The van der Waals surface area contributed by atoms with E-state index in [2.05, 4.69) is 24.5 Å². The van der Waals surface area contributed by atoms with Crippen molar-refractivity contribution in [1.29, 1.82) is 0 Å². The molecule has 2 N–H and O–H groups in total. The molecule has 4 rings (SSSR count). The van der Waals surface area contributed by atoms with Crippen LogP contribution in [0.3, 0.4) is 0 Å². The smallest absolute Gasteiger partial charge is 0.251 e. The minimum Gasteiger partial charge on any atom is -0.352 e. The SMILES string of the molecule is CC(C)c1ccc(NC(=O)Cn2c(CCNC(=O)c3ccccc3)nc3ccccc32)cc1. The van der Waals surface area contributed by atoms with E-state index in [1.54, 1.807) is 12.1 Å². The molecule has 0 radical (unpaired) electrons. The molecular weight excluding hydrogens is 412 g/mol. The van der Waals surface area contributed by atoms with Crippen molar-refractivity contribution >= 4 is 28.5 Å². The number of nitrogens with zero attached hydrogens (tertiary/aromatic N) is 2. The number of carbonyl (C=O) groups excluding carboxylic acids is 2. The van der Waals surface area contributed by atoms with Gasteiger partial charge in [-0.25, -0.2) is 4.98 Å². The molecule has 0 aliphatic heterocycles. The Balaban J connectivity index is 1.45. The minimum absolute atomic E-state index is 0.120. The summed E-state index contributed by atoms with van der Waals surface area (Å²) in [5.41, 5.74) is 4.34. The third-order valence-electron chi connectivity index (χ3n) is 5.57.